The number of amides is 1. The van der Waals surface area contributed by atoms with Gasteiger partial charge in [-0.2, -0.15) is 0 Å². The van der Waals surface area contributed by atoms with Crippen molar-refractivity contribution in [3.8, 4) is 0 Å². The van der Waals surface area contributed by atoms with Gasteiger partial charge < -0.3 is 15.0 Å². The Kier molecular flexibility index (Phi) is 11.7. The van der Waals surface area contributed by atoms with Gasteiger partial charge in [-0.05, 0) is 112 Å². The molecule has 1 saturated heterocycles. The van der Waals surface area contributed by atoms with Gasteiger partial charge in [0.2, 0.25) is 0 Å². The molecule has 232 valence electrons. The third kappa shape index (κ3) is 10.2. The van der Waals surface area contributed by atoms with Crippen molar-refractivity contribution in [1.82, 2.24) is 9.88 Å². The molecular weight excluding hydrogens is 534 g/mol. The van der Waals surface area contributed by atoms with E-state index in [2.05, 4.69) is 68.0 Å². The van der Waals surface area contributed by atoms with Crippen molar-refractivity contribution in [1.29, 1.82) is 0 Å². The summed E-state index contributed by atoms with van der Waals surface area (Å²) in [5.41, 5.74) is 4.83. The quantitative estimate of drug-likeness (QED) is 0.271. The van der Waals surface area contributed by atoms with E-state index in [0.29, 0.717) is 30.2 Å². The molecule has 6 heteroatoms. The Morgan fingerprint density at radius 3 is 2.33 bits per heavy atom. The van der Waals surface area contributed by atoms with E-state index in [1.165, 1.54) is 16.7 Å². The molecule has 4 rings (SSSR count). The number of nitrogens with zero attached hydrogens (tertiary/aromatic N) is 2. The van der Waals surface area contributed by atoms with Gasteiger partial charge in [-0.1, -0.05) is 52.0 Å². The Hall–Kier alpha value is -3.25. The number of allylic oxidation sites excluding steroid dienone is 3. The number of nitrogens with one attached hydrogen (secondary N) is 1. The fraction of sp³-hybridized carbons (Fsp3) is 0.541. The lowest BCUT2D eigenvalue weighted by Crippen LogP contribution is -2.32. The number of carbonyl (C=O) groups excluding carboxylic acids is 2. The number of benzene rings is 1. The van der Waals surface area contributed by atoms with Crippen LogP contribution in [0.5, 0.6) is 0 Å². The van der Waals surface area contributed by atoms with Crippen molar-refractivity contribution in [2.75, 3.05) is 25.0 Å². The smallest absolute Gasteiger partial charge is 0.274 e. The van der Waals surface area contributed by atoms with E-state index in [1.807, 2.05) is 36.5 Å². The first-order valence-corrected chi connectivity index (χ1v) is 16.3. The van der Waals surface area contributed by atoms with Crippen LogP contribution in [0.15, 0.2) is 66.1 Å². The minimum atomic E-state index is -0.197. The standard InChI is InChI=1S/C37H51N3O3/c1-6-40-23-21-30(22-24-40)31-17-20-34(38-26-31)36(42)39-32-18-15-28(16-19-32)9-7-11-33(41)12-8-10-29-14-13-27(2)43-35(25-29)37(3,4)5/h14-20,25-27,30H,6-13,21-24H2,1-5H3,(H,39,42). The van der Waals surface area contributed by atoms with Crippen molar-refractivity contribution in [2.24, 2.45) is 5.41 Å². The van der Waals surface area contributed by atoms with Crippen LogP contribution in [-0.2, 0) is 16.0 Å². The van der Waals surface area contributed by atoms with E-state index >= 15 is 0 Å². The van der Waals surface area contributed by atoms with E-state index in [4.69, 9.17) is 4.74 Å². The van der Waals surface area contributed by atoms with Crippen LogP contribution in [0, 0.1) is 5.41 Å². The van der Waals surface area contributed by atoms with Crippen LogP contribution in [0.2, 0.25) is 0 Å². The minimum absolute atomic E-state index is 0.0213. The largest absolute Gasteiger partial charge is 0.494 e. The fourth-order valence-corrected chi connectivity index (χ4v) is 5.83. The first-order valence-electron chi connectivity index (χ1n) is 16.3. The van der Waals surface area contributed by atoms with Gasteiger partial charge in [-0.25, -0.2) is 0 Å². The second kappa shape index (κ2) is 15.5. The molecule has 0 spiro atoms. The summed E-state index contributed by atoms with van der Waals surface area (Å²) in [6.45, 7) is 14.2. The number of anilines is 1. The number of aromatic nitrogens is 1. The highest BCUT2D eigenvalue weighted by atomic mass is 16.5. The average molecular weight is 586 g/mol. The number of piperidine rings is 1. The second-order valence-corrected chi connectivity index (χ2v) is 13.3. The summed E-state index contributed by atoms with van der Waals surface area (Å²) in [7, 11) is 0. The van der Waals surface area contributed by atoms with Crippen LogP contribution in [0.25, 0.3) is 0 Å². The number of likely N-dealkylation sites (tertiary alicyclic amines) is 1. The molecule has 2 aliphatic heterocycles. The van der Waals surface area contributed by atoms with E-state index in [-0.39, 0.29) is 17.4 Å². The molecule has 3 heterocycles. The number of hydrogen-bond acceptors (Lipinski definition) is 5. The molecule has 0 radical (unpaired) electrons. The zero-order valence-electron chi connectivity index (χ0n) is 27.0. The van der Waals surface area contributed by atoms with Crippen molar-refractivity contribution >= 4 is 17.4 Å². The topological polar surface area (TPSA) is 71.5 Å². The van der Waals surface area contributed by atoms with E-state index < -0.39 is 0 Å². The lowest BCUT2D eigenvalue weighted by molar-refractivity contribution is -0.119. The number of Topliss-reactive ketones (excluding diaryl/α,β-unsaturated/α-hetero) is 1. The molecule has 1 unspecified atom stereocenters. The van der Waals surface area contributed by atoms with Gasteiger partial charge in [-0.3, -0.25) is 14.6 Å². The number of aryl methyl sites for hydroxylation is 1. The zero-order chi connectivity index (χ0) is 30.8. The number of rotatable bonds is 12. The molecular formula is C37H51N3O3. The summed E-state index contributed by atoms with van der Waals surface area (Å²) in [4.78, 5) is 32.3. The summed E-state index contributed by atoms with van der Waals surface area (Å²) in [6.07, 6.45) is 14.4. The SMILES string of the molecule is CCN1CCC(c2ccc(C(=O)Nc3ccc(CCCC(=O)CCCC4=CCC(C)OC(C(C)(C)C)=C4)cc3)nc2)CC1. The lowest BCUT2D eigenvalue weighted by Gasteiger charge is -2.31. The van der Waals surface area contributed by atoms with Gasteiger partial charge in [0.1, 0.15) is 17.2 Å². The maximum absolute atomic E-state index is 12.8. The molecule has 1 aromatic carbocycles. The molecule has 1 atom stereocenters. The molecule has 2 aliphatic rings. The third-order valence-electron chi connectivity index (χ3n) is 8.67. The molecule has 1 N–H and O–H groups in total. The van der Waals surface area contributed by atoms with Gasteiger partial charge in [0, 0.05) is 36.6 Å². The number of ketones is 1. The zero-order valence-corrected chi connectivity index (χ0v) is 27.0. The van der Waals surface area contributed by atoms with E-state index in [0.717, 1.165) is 76.0 Å². The number of pyridine rings is 1. The van der Waals surface area contributed by atoms with Crippen LogP contribution >= 0.6 is 0 Å². The molecule has 1 fully saturated rings. The highest BCUT2D eigenvalue weighted by Gasteiger charge is 2.23. The average Bonchev–Trinajstić information content (AvgIpc) is 3.19. The van der Waals surface area contributed by atoms with Crippen LogP contribution in [-0.4, -0.2) is 47.3 Å². The highest BCUT2D eigenvalue weighted by Crippen LogP contribution is 2.32. The van der Waals surface area contributed by atoms with E-state index in [1.54, 1.807) is 0 Å². The Bertz CT molecular complexity index is 1260. The molecule has 0 aliphatic carbocycles. The fourth-order valence-electron chi connectivity index (χ4n) is 5.83. The Labute approximate surface area is 259 Å². The molecule has 1 aromatic heterocycles. The highest BCUT2D eigenvalue weighted by molar-refractivity contribution is 6.02. The van der Waals surface area contributed by atoms with Crippen molar-refractivity contribution in [3.05, 3.63) is 82.9 Å². The normalized spacial score (nSPS) is 18.3. The molecule has 0 bridgehead atoms. The third-order valence-corrected chi connectivity index (χ3v) is 8.67. The predicted molar refractivity (Wildman–Crippen MR) is 175 cm³/mol. The molecule has 0 saturated carbocycles. The van der Waals surface area contributed by atoms with Crippen LogP contribution in [0.1, 0.15) is 114 Å². The van der Waals surface area contributed by atoms with Gasteiger partial charge in [0.05, 0.1) is 6.10 Å². The Balaban J connectivity index is 1.16. The molecule has 43 heavy (non-hydrogen) atoms. The molecule has 6 nitrogen and oxygen atoms in total. The number of hydrogen-bond donors (Lipinski definition) is 1. The first-order chi connectivity index (χ1) is 20.6. The summed E-state index contributed by atoms with van der Waals surface area (Å²) in [5, 5.41) is 2.96. The van der Waals surface area contributed by atoms with Gasteiger partial charge in [0.25, 0.3) is 5.91 Å². The van der Waals surface area contributed by atoms with Crippen molar-refractivity contribution < 1.29 is 14.3 Å². The summed E-state index contributed by atoms with van der Waals surface area (Å²) in [6, 6.07) is 11.8. The maximum Gasteiger partial charge on any atom is 0.274 e. The Morgan fingerprint density at radius 1 is 1.00 bits per heavy atom. The number of carbonyl (C=O) groups is 2. The summed E-state index contributed by atoms with van der Waals surface area (Å²) < 4.78 is 6.12. The van der Waals surface area contributed by atoms with Crippen molar-refractivity contribution in [3.63, 3.8) is 0 Å². The van der Waals surface area contributed by atoms with Crippen LogP contribution < -0.4 is 5.32 Å². The summed E-state index contributed by atoms with van der Waals surface area (Å²) >= 11 is 0. The predicted octanol–water partition coefficient (Wildman–Crippen LogP) is 8.26. The second-order valence-electron chi connectivity index (χ2n) is 13.3. The van der Waals surface area contributed by atoms with Crippen molar-refractivity contribution in [2.45, 2.75) is 104 Å². The molecule has 2 aromatic rings. The lowest BCUT2D eigenvalue weighted by atomic mass is 9.90. The van der Waals surface area contributed by atoms with Crippen LogP contribution in [0.4, 0.5) is 5.69 Å². The monoisotopic (exact) mass is 585 g/mol. The maximum atomic E-state index is 12.8. The Morgan fingerprint density at radius 2 is 1.70 bits per heavy atom. The van der Waals surface area contributed by atoms with Crippen LogP contribution in [0.3, 0.4) is 0 Å². The van der Waals surface area contributed by atoms with Gasteiger partial charge in [0.15, 0.2) is 0 Å². The van der Waals surface area contributed by atoms with Gasteiger partial charge in [-0.15, -0.1) is 0 Å². The number of ether oxygens (including phenoxy) is 1. The minimum Gasteiger partial charge on any atom is -0.494 e. The molecule has 1 amide bonds. The van der Waals surface area contributed by atoms with Gasteiger partial charge >= 0.3 is 0 Å². The van der Waals surface area contributed by atoms with E-state index in [9.17, 15) is 9.59 Å². The summed E-state index contributed by atoms with van der Waals surface area (Å²) in [5.74, 6) is 1.69. The first kappa shape index (κ1) is 32.7.